The zero-order valence-corrected chi connectivity index (χ0v) is 15.4. The van der Waals surface area contributed by atoms with E-state index in [-0.39, 0.29) is 17.3 Å². The average molecular weight is 371 g/mol. The molecule has 1 aromatic carbocycles. The number of thiophene rings is 1. The van der Waals surface area contributed by atoms with Crippen molar-refractivity contribution in [2.75, 3.05) is 7.05 Å². The Morgan fingerprint density at radius 3 is 3.00 bits per heavy atom. The number of carbonyl (C=O) groups excluding carboxylic acids is 1. The van der Waals surface area contributed by atoms with Crippen molar-refractivity contribution in [3.05, 3.63) is 62.3 Å². The predicted molar refractivity (Wildman–Crippen MR) is 99.1 cm³/mol. The molecule has 1 amide bonds. The van der Waals surface area contributed by atoms with E-state index in [0.29, 0.717) is 33.7 Å². The van der Waals surface area contributed by atoms with Crippen molar-refractivity contribution < 1.29 is 9.18 Å². The summed E-state index contributed by atoms with van der Waals surface area (Å²) in [6.07, 6.45) is 1.73. The molecule has 26 heavy (non-hydrogen) atoms. The standard InChI is InChI=1S/C19H18FN3O2S/c1-11-15-17(21-14-7-4-8-23(14)18(15)24)26-16(11)19(25)22(2)10-12-5-3-6-13(20)9-12/h3,5-6,9H,4,7-8,10H2,1-2H3. The zero-order valence-electron chi connectivity index (χ0n) is 14.6. The number of halogens is 1. The molecule has 0 saturated heterocycles. The van der Waals surface area contributed by atoms with E-state index in [1.54, 1.807) is 30.7 Å². The van der Waals surface area contributed by atoms with Crippen molar-refractivity contribution in [3.63, 3.8) is 0 Å². The topological polar surface area (TPSA) is 55.2 Å². The number of nitrogens with zero attached hydrogens (tertiary/aromatic N) is 3. The van der Waals surface area contributed by atoms with Crippen molar-refractivity contribution in [2.45, 2.75) is 32.9 Å². The molecule has 0 aliphatic carbocycles. The van der Waals surface area contributed by atoms with Gasteiger partial charge in [0, 0.05) is 26.6 Å². The molecular formula is C19H18FN3O2S. The van der Waals surface area contributed by atoms with Crippen LogP contribution in [-0.2, 0) is 19.5 Å². The highest BCUT2D eigenvalue weighted by Gasteiger charge is 2.24. The van der Waals surface area contributed by atoms with Crippen LogP contribution in [0.25, 0.3) is 10.2 Å². The summed E-state index contributed by atoms with van der Waals surface area (Å²) in [4.78, 5) is 32.9. The Morgan fingerprint density at radius 2 is 2.23 bits per heavy atom. The van der Waals surface area contributed by atoms with Crippen molar-refractivity contribution in [1.29, 1.82) is 0 Å². The molecule has 5 nitrogen and oxygen atoms in total. The summed E-state index contributed by atoms with van der Waals surface area (Å²) < 4.78 is 15.1. The lowest BCUT2D eigenvalue weighted by Gasteiger charge is -2.17. The molecule has 7 heteroatoms. The van der Waals surface area contributed by atoms with Gasteiger partial charge in [0.2, 0.25) is 0 Å². The van der Waals surface area contributed by atoms with Crippen LogP contribution >= 0.6 is 11.3 Å². The average Bonchev–Trinajstić information content (AvgIpc) is 3.19. The van der Waals surface area contributed by atoms with E-state index in [1.807, 2.05) is 0 Å². The van der Waals surface area contributed by atoms with Gasteiger partial charge in [-0.25, -0.2) is 9.37 Å². The third-order valence-electron chi connectivity index (χ3n) is 4.76. The molecule has 3 heterocycles. The van der Waals surface area contributed by atoms with E-state index in [4.69, 9.17) is 0 Å². The molecule has 1 aliphatic heterocycles. The summed E-state index contributed by atoms with van der Waals surface area (Å²) in [5.74, 6) is 0.295. The lowest BCUT2D eigenvalue weighted by molar-refractivity contribution is 0.0789. The Bertz CT molecular complexity index is 1090. The SMILES string of the molecule is Cc1c(C(=O)N(C)Cc2cccc(F)c2)sc2nc3n(c(=O)c12)CCC3. The van der Waals surface area contributed by atoms with Gasteiger partial charge in [-0.2, -0.15) is 0 Å². The number of amides is 1. The Hall–Kier alpha value is -2.54. The highest BCUT2D eigenvalue weighted by Crippen LogP contribution is 2.29. The van der Waals surface area contributed by atoms with Gasteiger partial charge in [0.25, 0.3) is 11.5 Å². The van der Waals surface area contributed by atoms with Gasteiger partial charge >= 0.3 is 0 Å². The van der Waals surface area contributed by atoms with Gasteiger partial charge in [-0.3, -0.25) is 14.2 Å². The van der Waals surface area contributed by atoms with Crippen LogP contribution in [-0.4, -0.2) is 27.4 Å². The molecule has 1 aliphatic rings. The van der Waals surface area contributed by atoms with Gasteiger partial charge < -0.3 is 4.90 Å². The van der Waals surface area contributed by atoms with Gasteiger partial charge in [-0.05, 0) is 36.6 Å². The maximum Gasteiger partial charge on any atom is 0.264 e. The Morgan fingerprint density at radius 1 is 1.42 bits per heavy atom. The molecule has 134 valence electrons. The second kappa shape index (κ2) is 6.32. The normalized spacial score (nSPS) is 13.2. The van der Waals surface area contributed by atoms with E-state index in [9.17, 15) is 14.0 Å². The maximum absolute atomic E-state index is 13.4. The summed E-state index contributed by atoms with van der Waals surface area (Å²) in [5, 5.41) is 0.545. The van der Waals surface area contributed by atoms with E-state index in [2.05, 4.69) is 4.98 Å². The molecule has 0 saturated carbocycles. The molecular weight excluding hydrogens is 353 g/mol. The Balaban J connectivity index is 1.70. The van der Waals surface area contributed by atoms with Crippen LogP contribution in [0.1, 0.15) is 33.0 Å². The number of hydrogen-bond acceptors (Lipinski definition) is 4. The Labute approximate surface area is 153 Å². The van der Waals surface area contributed by atoms with Crippen molar-refractivity contribution in [2.24, 2.45) is 0 Å². The van der Waals surface area contributed by atoms with Gasteiger partial charge in [-0.15, -0.1) is 11.3 Å². The molecule has 0 atom stereocenters. The fourth-order valence-corrected chi connectivity index (χ4v) is 4.62. The molecule has 0 bridgehead atoms. The minimum Gasteiger partial charge on any atom is -0.337 e. The van der Waals surface area contributed by atoms with Crippen LogP contribution in [0.15, 0.2) is 29.1 Å². The first kappa shape index (κ1) is 16.9. The number of aryl methyl sites for hydroxylation is 2. The van der Waals surface area contributed by atoms with E-state index in [0.717, 1.165) is 24.2 Å². The number of carbonyl (C=O) groups is 1. The number of benzene rings is 1. The van der Waals surface area contributed by atoms with Crippen LogP contribution in [0.3, 0.4) is 0 Å². The highest BCUT2D eigenvalue weighted by atomic mass is 32.1. The number of aromatic nitrogens is 2. The van der Waals surface area contributed by atoms with Crippen LogP contribution in [0.4, 0.5) is 4.39 Å². The molecule has 0 unspecified atom stereocenters. The third-order valence-corrected chi connectivity index (χ3v) is 5.93. The van der Waals surface area contributed by atoms with Crippen molar-refractivity contribution >= 4 is 27.5 Å². The first-order chi connectivity index (χ1) is 12.5. The zero-order chi connectivity index (χ0) is 18.4. The van der Waals surface area contributed by atoms with Gasteiger partial charge in [0.05, 0.1) is 10.3 Å². The lowest BCUT2D eigenvalue weighted by Crippen LogP contribution is -2.26. The fourth-order valence-electron chi connectivity index (χ4n) is 3.43. The van der Waals surface area contributed by atoms with Crippen LogP contribution in [0, 0.1) is 12.7 Å². The summed E-state index contributed by atoms with van der Waals surface area (Å²) in [5.41, 5.74) is 1.35. The van der Waals surface area contributed by atoms with Gasteiger partial charge in [-0.1, -0.05) is 12.1 Å². The van der Waals surface area contributed by atoms with Crippen molar-refractivity contribution in [1.82, 2.24) is 14.5 Å². The second-order valence-electron chi connectivity index (χ2n) is 6.62. The molecule has 0 radical (unpaired) electrons. The highest BCUT2D eigenvalue weighted by molar-refractivity contribution is 7.20. The van der Waals surface area contributed by atoms with Gasteiger partial charge in [0.1, 0.15) is 16.5 Å². The summed E-state index contributed by atoms with van der Waals surface area (Å²) in [7, 11) is 1.68. The molecule has 2 aromatic heterocycles. The van der Waals surface area contributed by atoms with Gasteiger partial charge in [0.15, 0.2) is 0 Å². The molecule has 0 N–H and O–H groups in total. The number of rotatable bonds is 3. The minimum atomic E-state index is -0.326. The second-order valence-corrected chi connectivity index (χ2v) is 7.61. The predicted octanol–water partition coefficient (Wildman–Crippen LogP) is 3.12. The molecule has 0 fully saturated rings. The minimum absolute atomic E-state index is 0.0527. The first-order valence-electron chi connectivity index (χ1n) is 8.48. The Kier molecular flexibility index (Phi) is 4.11. The summed E-state index contributed by atoms with van der Waals surface area (Å²) >= 11 is 1.26. The summed E-state index contributed by atoms with van der Waals surface area (Å²) in [6.45, 7) is 2.79. The van der Waals surface area contributed by atoms with Crippen LogP contribution in [0.5, 0.6) is 0 Å². The number of fused-ring (bicyclic) bond motifs is 2. The van der Waals surface area contributed by atoms with E-state index >= 15 is 0 Å². The smallest absolute Gasteiger partial charge is 0.264 e. The van der Waals surface area contributed by atoms with Crippen molar-refractivity contribution in [3.8, 4) is 0 Å². The molecule has 0 spiro atoms. The monoisotopic (exact) mass is 371 g/mol. The largest absolute Gasteiger partial charge is 0.337 e. The fraction of sp³-hybridized carbons (Fsp3) is 0.316. The molecule has 3 aromatic rings. The van der Waals surface area contributed by atoms with E-state index in [1.165, 1.54) is 28.4 Å². The lowest BCUT2D eigenvalue weighted by atomic mass is 10.1. The van der Waals surface area contributed by atoms with E-state index < -0.39 is 0 Å². The third kappa shape index (κ3) is 2.72. The van der Waals surface area contributed by atoms with Crippen LogP contribution in [0.2, 0.25) is 0 Å². The van der Waals surface area contributed by atoms with Crippen LogP contribution < -0.4 is 5.56 Å². The quantitative estimate of drug-likeness (QED) is 0.711. The first-order valence-corrected chi connectivity index (χ1v) is 9.30. The maximum atomic E-state index is 13.4. The molecule has 4 rings (SSSR count). The summed E-state index contributed by atoms with van der Waals surface area (Å²) in [6, 6.07) is 6.20. The number of hydrogen-bond donors (Lipinski definition) is 0.